The number of nitrogens with one attached hydrogen (secondary N) is 1. The summed E-state index contributed by atoms with van der Waals surface area (Å²) >= 11 is 0. The summed E-state index contributed by atoms with van der Waals surface area (Å²) in [5.74, 6) is -0.491. The molecule has 0 radical (unpaired) electrons. The summed E-state index contributed by atoms with van der Waals surface area (Å²) in [5, 5.41) is 3.22. The average molecular weight is 496 g/mol. The Labute approximate surface area is 220 Å². The molecule has 1 fully saturated rings. The zero-order valence-corrected chi connectivity index (χ0v) is 21.8. The number of hydrogen-bond donors (Lipinski definition) is 2. The van der Waals surface area contributed by atoms with Crippen LogP contribution in [0.5, 0.6) is 0 Å². The van der Waals surface area contributed by atoms with Crippen LogP contribution in [0.25, 0.3) is 0 Å². The second-order valence-electron chi connectivity index (χ2n) is 10.7. The van der Waals surface area contributed by atoms with E-state index in [0.29, 0.717) is 12.1 Å². The number of amides is 2. The van der Waals surface area contributed by atoms with E-state index in [1.807, 2.05) is 47.4 Å². The van der Waals surface area contributed by atoms with Crippen LogP contribution in [0, 0.1) is 13.8 Å². The van der Waals surface area contributed by atoms with Crippen molar-refractivity contribution in [3.05, 3.63) is 106 Å². The lowest BCUT2D eigenvalue weighted by Crippen LogP contribution is -2.53. The van der Waals surface area contributed by atoms with E-state index in [4.69, 9.17) is 5.73 Å². The molecule has 5 heteroatoms. The number of aryl methyl sites for hydroxylation is 2. The number of rotatable bonds is 6. The fourth-order valence-corrected chi connectivity index (χ4v) is 6.19. The summed E-state index contributed by atoms with van der Waals surface area (Å²) in [4.78, 5) is 30.2. The van der Waals surface area contributed by atoms with Crippen molar-refractivity contribution in [1.82, 2.24) is 10.2 Å². The predicted octanol–water partition coefficient (Wildman–Crippen LogP) is 5.21. The minimum Gasteiger partial charge on any atom is -0.355 e. The molecule has 0 spiro atoms. The molecule has 0 saturated heterocycles. The highest BCUT2D eigenvalue weighted by atomic mass is 16.2. The fraction of sp³-hybridized carbons (Fsp3) is 0.375. The van der Waals surface area contributed by atoms with Gasteiger partial charge in [0.1, 0.15) is 0 Å². The Morgan fingerprint density at radius 2 is 1.62 bits per heavy atom. The second-order valence-corrected chi connectivity index (χ2v) is 10.7. The lowest BCUT2D eigenvalue weighted by molar-refractivity contribution is -0.124. The van der Waals surface area contributed by atoms with Gasteiger partial charge in [-0.3, -0.25) is 9.59 Å². The molecule has 192 valence electrons. The van der Waals surface area contributed by atoms with Gasteiger partial charge in [0.2, 0.25) is 5.91 Å². The molecule has 37 heavy (non-hydrogen) atoms. The largest absolute Gasteiger partial charge is 0.355 e. The van der Waals surface area contributed by atoms with Crippen LogP contribution in [-0.2, 0) is 11.2 Å². The zero-order valence-electron chi connectivity index (χ0n) is 21.8. The molecule has 3 aromatic carbocycles. The molecule has 2 atom stereocenters. The third-order valence-corrected chi connectivity index (χ3v) is 8.09. The Hall–Kier alpha value is -3.44. The van der Waals surface area contributed by atoms with Gasteiger partial charge in [-0.25, -0.2) is 0 Å². The number of benzene rings is 3. The number of hydrogen-bond acceptors (Lipinski definition) is 3. The van der Waals surface area contributed by atoms with E-state index in [-0.39, 0.29) is 29.9 Å². The molecular formula is C32H37N3O2. The Morgan fingerprint density at radius 3 is 2.35 bits per heavy atom. The first-order chi connectivity index (χ1) is 17.9. The van der Waals surface area contributed by atoms with Gasteiger partial charge in [0.15, 0.2) is 0 Å². The number of nitrogens with zero attached hydrogens (tertiary/aromatic N) is 1. The zero-order chi connectivity index (χ0) is 25.9. The van der Waals surface area contributed by atoms with Gasteiger partial charge in [-0.15, -0.1) is 0 Å². The first kappa shape index (κ1) is 25.2. The van der Waals surface area contributed by atoms with Crippen molar-refractivity contribution in [1.29, 1.82) is 0 Å². The quantitative estimate of drug-likeness (QED) is 0.493. The molecule has 0 aromatic heterocycles. The summed E-state index contributed by atoms with van der Waals surface area (Å²) in [6.45, 7) is 4.71. The van der Waals surface area contributed by atoms with Gasteiger partial charge in [0.05, 0.1) is 12.0 Å². The van der Waals surface area contributed by atoms with Crippen LogP contribution in [0.4, 0.5) is 0 Å². The number of nitrogens with two attached hydrogens (primary N) is 1. The van der Waals surface area contributed by atoms with E-state index in [9.17, 15) is 9.59 Å². The van der Waals surface area contributed by atoms with Crippen LogP contribution < -0.4 is 11.1 Å². The summed E-state index contributed by atoms with van der Waals surface area (Å²) in [5.41, 5.74) is 12.2. The Morgan fingerprint density at radius 1 is 0.919 bits per heavy atom. The van der Waals surface area contributed by atoms with E-state index in [0.717, 1.165) is 48.8 Å². The number of carbonyl (C=O) groups excluding carboxylic acids is 2. The molecule has 1 aliphatic heterocycles. The maximum atomic E-state index is 14.1. The maximum Gasteiger partial charge on any atom is 0.254 e. The molecular weight excluding hydrogens is 458 g/mol. The molecule has 1 unspecified atom stereocenters. The van der Waals surface area contributed by atoms with Gasteiger partial charge in [-0.2, -0.15) is 0 Å². The highest BCUT2D eigenvalue weighted by Gasteiger charge is 2.47. The first-order valence-electron chi connectivity index (χ1n) is 13.5. The van der Waals surface area contributed by atoms with Gasteiger partial charge in [0.25, 0.3) is 5.91 Å². The molecule has 3 aromatic rings. The smallest absolute Gasteiger partial charge is 0.254 e. The number of fused-ring (bicyclic) bond motifs is 1. The van der Waals surface area contributed by atoms with Crippen molar-refractivity contribution < 1.29 is 9.59 Å². The Kier molecular flexibility index (Phi) is 7.43. The lowest BCUT2D eigenvalue weighted by atomic mass is 9.76. The van der Waals surface area contributed by atoms with Gasteiger partial charge in [0, 0.05) is 24.2 Å². The predicted molar refractivity (Wildman–Crippen MR) is 147 cm³/mol. The summed E-state index contributed by atoms with van der Waals surface area (Å²) in [6.07, 6.45) is 4.27. The maximum absolute atomic E-state index is 14.1. The van der Waals surface area contributed by atoms with Gasteiger partial charge < -0.3 is 16.0 Å². The van der Waals surface area contributed by atoms with Crippen molar-refractivity contribution in [3.63, 3.8) is 0 Å². The molecule has 0 bridgehead atoms. The van der Waals surface area contributed by atoms with Crippen LogP contribution in [0.3, 0.4) is 0 Å². The second kappa shape index (κ2) is 10.9. The fourth-order valence-electron chi connectivity index (χ4n) is 6.19. The molecule has 1 aliphatic carbocycles. The van der Waals surface area contributed by atoms with E-state index >= 15 is 0 Å². The average Bonchev–Trinajstić information content (AvgIpc) is 2.90. The van der Waals surface area contributed by atoms with E-state index in [1.165, 1.54) is 11.1 Å². The monoisotopic (exact) mass is 495 g/mol. The minimum absolute atomic E-state index is 0.0226. The third-order valence-electron chi connectivity index (χ3n) is 8.09. The summed E-state index contributed by atoms with van der Waals surface area (Å²) in [6, 6.07) is 24.1. The summed E-state index contributed by atoms with van der Waals surface area (Å²) < 4.78 is 0. The molecule has 5 nitrogen and oxygen atoms in total. The highest BCUT2D eigenvalue weighted by molar-refractivity contribution is 6.01. The number of carbonyl (C=O) groups is 2. The minimum atomic E-state index is -0.485. The standard InChI is InChI=1S/C32H37N3O2/c1-21-12-17-26(22(2)20-21)30-29(31(36)34-19-18-23-8-4-3-5-9-23)27-10-6-7-11-28(27)32(37)35(30)25-15-13-24(33)14-16-25/h3-12,17,20,24-25,29-30H,13-16,18-19,33H2,1-2H3,(H,34,36)/t24?,25?,29-,30?/m1/s1. The van der Waals surface area contributed by atoms with Crippen LogP contribution >= 0.6 is 0 Å². The normalized spacial score (nSPS) is 23.4. The van der Waals surface area contributed by atoms with Crippen molar-refractivity contribution >= 4 is 11.8 Å². The highest BCUT2D eigenvalue weighted by Crippen LogP contribution is 2.46. The lowest BCUT2D eigenvalue weighted by Gasteiger charge is -2.47. The molecule has 2 amide bonds. The van der Waals surface area contributed by atoms with Gasteiger partial charge >= 0.3 is 0 Å². The SMILES string of the molecule is Cc1ccc(C2[C@H](C(=O)NCCc3ccccc3)c3ccccc3C(=O)N2C2CCC(N)CC2)c(C)c1. The van der Waals surface area contributed by atoms with E-state index < -0.39 is 5.92 Å². The molecule has 1 saturated carbocycles. The van der Waals surface area contributed by atoms with Gasteiger partial charge in [-0.05, 0) is 74.3 Å². The van der Waals surface area contributed by atoms with Crippen molar-refractivity contribution in [3.8, 4) is 0 Å². The molecule has 1 heterocycles. The van der Waals surface area contributed by atoms with Gasteiger partial charge in [-0.1, -0.05) is 72.3 Å². The van der Waals surface area contributed by atoms with E-state index in [2.05, 4.69) is 49.5 Å². The van der Waals surface area contributed by atoms with Crippen molar-refractivity contribution in [2.75, 3.05) is 6.54 Å². The van der Waals surface area contributed by atoms with Crippen LogP contribution in [-0.4, -0.2) is 35.3 Å². The summed E-state index contributed by atoms with van der Waals surface area (Å²) in [7, 11) is 0. The first-order valence-corrected chi connectivity index (χ1v) is 13.5. The Balaban J connectivity index is 1.55. The van der Waals surface area contributed by atoms with Crippen molar-refractivity contribution in [2.24, 2.45) is 5.73 Å². The van der Waals surface area contributed by atoms with Crippen LogP contribution in [0.15, 0.2) is 72.8 Å². The molecule has 2 aliphatic rings. The van der Waals surface area contributed by atoms with Crippen LogP contribution in [0.2, 0.25) is 0 Å². The molecule has 3 N–H and O–H groups in total. The topological polar surface area (TPSA) is 75.4 Å². The Bertz CT molecular complexity index is 1260. The third kappa shape index (κ3) is 5.19. The van der Waals surface area contributed by atoms with E-state index in [1.54, 1.807) is 0 Å². The van der Waals surface area contributed by atoms with Crippen molar-refractivity contribution in [2.45, 2.75) is 70.0 Å². The van der Waals surface area contributed by atoms with Crippen LogP contribution in [0.1, 0.15) is 75.8 Å². The molecule has 5 rings (SSSR count).